The van der Waals surface area contributed by atoms with Crippen molar-refractivity contribution in [2.24, 2.45) is 0 Å². The van der Waals surface area contributed by atoms with Crippen molar-refractivity contribution in [3.63, 3.8) is 0 Å². The molecule has 2 aliphatic rings. The molecule has 1 atom stereocenters. The van der Waals surface area contributed by atoms with Crippen molar-refractivity contribution in [1.29, 1.82) is 0 Å². The maximum atomic E-state index is 11.8. The van der Waals surface area contributed by atoms with Crippen molar-refractivity contribution in [3.05, 3.63) is 0 Å². The van der Waals surface area contributed by atoms with E-state index in [1.807, 2.05) is 6.92 Å². The number of rotatable bonds is 3. The quantitative estimate of drug-likeness (QED) is 0.587. The van der Waals surface area contributed by atoms with Crippen LogP contribution in [0.15, 0.2) is 0 Å². The average Bonchev–Trinajstić information content (AvgIpc) is 2.14. The molecular weight excluding hydrogens is 331 g/mol. The normalized spacial score (nSPS) is 38.5. The van der Waals surface area contributed by atoms with Crippen LogP contribution < -0.4 is 5.32 Å². The minimum atomic E-state index is -0.559. The number of nitrogens with zero attached hydrogens (tertiary/aromatic N) is 1. The van der Waals surface area contributed by atoms with Gasteiger partial charge in [0.05, 0.1) is 12.1 Å². The van der Waals surface area contributed by atoms with Crippen LogP contribution in [0.3, 0.4) is 0 Å². The first-order valence-corrected chi connectivity index (χ1v) is 7.57. The zero-order valence-corrected chi connectivity index (χ0v) is 12.4. The van der Waals surface area contributed by atoms with E-state index in [1.54, 1.807) is 0 Å². The van der Waals surface area contributed by atoms with Gasteiger partial charge in [0, 0.05) is 16.5 Å². The molecule has 0 aromatic heterocycles. The maximum absolute atomic E-state index is 11.8. The van der Waals surface area contributed by atoms with Gasteiger partial charge in [-0.25, -0.2) is 0 Å². The highest BCUT2D eigenvalue weighted by atomic mass is 127. The van der Waals surface area contributed by atoms with Crippen LogP contribution in [0.2, 0.25) is 0 Å². The molecule has 1 saturated heterocycles. The third kappa shape index (κ3) is 4.06. The molecule has 1 amide bonds. The summed E-state index contributed by atoms with van der Waals surface area (Å²) < 4.78 is 0.679. The smallest absolute Gasteiger partial charge is 0.234 e. The van der Waals surface area contributed by atoms with Gasteiger partial charge in [0.25, 0.3) is 0 Å². The topological polar surface area (TPSA) is 52.6 Å². The molecule has 1 aliphatic heterocycles. The van der Waals surface area contributed by atoms with E-state index in [4.69, 9.17) is 0 Å². The Balaban J connectivity index is 1.67. The maximum Gasteiger partial charge on any atom is 0.234 e. The molecule has 17 heavy (non-hydrogen) atoms. The van der Waals surface area contributed by atoms with E-state index >= 15 is 0 Å². The van der Waals surface area contributed by atoms with Crippen molar-refractivity contribution in [3.8, 4) is 0 Å². The summed E-state index contributed by atoms with van der Waals surface area (Å²) in [5.41, 5.74) is -0.559. The third-order valence-electron chi connectivity index (χ3n) is 3.55. The number of aliphatic hydroxyl groups is 1. The molecular formula is C12H21IN2O2. The molecule has 1 heterocycles. The summed E-state index contributed by atoms with van der Waals surface area (Å²) in [5, 5.41) is 12.6. The standard InChI is InChI=1S/C12H21IN2O2/c1-12(17)5-10(6-12)14-11(16)8-15-4-2-3-9(13)7-15/h9-10,17H,2-8H2,1H3,(H,14,16)/t9-,10?,12?/m1/s1. The summed E-state index contributed by atoms with van der Waals surface area (Å²) in [5.74, 6) is 0.107. The number of alkyl halides is 1. The van der Waals surface area contributed by atoms with Gasteiger partial charge in [0.15, 0.2) is 0 Å². The zero-order valence-electron chi connectivity index (χ0n) is 10.3. The second kappa shape index (κ2) is 5.40. The first-order chi connectivity index (χ1) is 7.94. The number of nitrogens with one attached hydrogen (secondary N) is 1. The highest BCUT2D eigenvalue weighted by Gasteiger charge is 2.39. The number of hydrogen-bond donors (Lipinski definition) is 2. The van der Waals surface area contributed by atoms with E-state index in [9.17, 15) is 9.90 Å². The van der Waals surface area contributed by atoms with Crippen LogP contribution in [-0.4, -0.2) is 51.1 Å². The van der Waals surface area contributed by atoms with Gasteiger partial charge >= 0.3 is 0 Å². The molecule has 1 saturated carbocycles. The first-order valence-electron chi connectivity index (χ1n) is 6.33. The van der Waals surface area contributed by atoms with Crippen LogP contribution in [0.5, 0.6) is 0 Å². The molecule has 2 rings (SSSR count). The predicted molar refractivity (Wildman–Crippen MR) is 75.3 cm³/mol. The number of halogens is 1. The molecule has 2 N–H and O–H groups in total. The van der Waals surface area contributed by atoms with Crippen molar-refractivity contribution in [1.82, 2.24) is 10.2 Å². The fraction of sp³-hybridized carbons (Fsp3) is 0.917. The van der Waals surface area contributed by atoms with Crippen LogP contribution in [0.25, 0.3) is 0 Å². The monoisotopic (exact) mass is 352 g/mol. The lowest BCUT2D eigenvalue weighted by Gasteiger charge is -2.41. The van der Waals surface area contributed by atoms with Crippen LogP contribution in [-0.2, 0) is 4.79 Å². The Bertz CT molecular complexity index is 288. The number of piperidine rings is 1. The summed E-state index contributed by atoms with van der Waals surface area (Å²) >= 11 is 2.46. The molecule has 0 aromatic rings. The Morgan fingerprint density at radius 3 is 2.88 bits per heavy atom. The van der Waals surface area contributed by atoms with Crippen molar-refractivity contribution in [2.75, 3.05) is 19.6 Å². The van der Waals surface area contributed by atoms with Crippen molar-refractivity contribution < 1.29 is 9.90 Å². The minimum Gasteiger partial charge on any atom is -0.390 e. The zero-order chi connectivity index (χ0) is 12.5. The van der Waals surface area contributed by atoms with E-state index in [0.29, 0.717) is 23.3 Å². The lowest BCUT2D eigenvalue weighted by Crippen LogP contribution is -2.55. The molecule has 1 aliphatic carbocycles. The van der Waals surface area contributed by atoms with E-state index in [2.05, 4.69) is 32.8 Å². The van der Waals surface area contributed by atoms with E-state index in [0.717, 1.165) is 13.1 Å². The number of amides is 1. The lowest BCUT2D eigenvalue weighted by atomic mass is 9.77. The van der Waals surface area contributed by atoms with Gasteiger partial charge in [0.1, 0.15) is 0 Å². The third-order valence-corrected chi connectivity index (χ3v) is 4.57. The van der Waals surface area contributed by atoms with Gasteiger partial charge in [0.2, 0.25) is 5.91 Å². The summed E-state index contributed by atoms with van der Waals surface area (Å²) in [6, 6.07) is 0.178. The Kier molecular flexibility index (Phi) is 4.31. The second-order valence-electron chi connectivity index (χ2n) is 5.64. The minimum absolute atomic E-state index is 0.107. The summed E-state index contributed by atoms with van der Waals surface area (Å²) in [6.07, 6.45) is 3.84. The molecule has 0 aromatic carbocycles. The average molecular weight is 352 g/mol. The fourth-order valence-corrected chi connectivity index (χ4v) is 3.72. The molecule has 0 unspecified atom stereocenters. The van der Waals surface area contributed by atoms with Gasteiger partial charge in [-0.3, -0.25) is 9.69 Å². The van der Waals surface area contributed by atoms with Gasteiger partial charge in [-0.05, 0) is 39.2 Å². The molecule has 0 bridgehead atoms. The number of carbonyl (C=O) groups excluding carboxylic acids is 1. The van der Waals surface area contributed by atoms with Crippen molar-refractivity contribution in [2.45, 2.75) is 48.2 Å². The van der Waals surface area contributed by atoms with Crippen LogP contribution in [0, 0.1) is 0 Å². The molecule has 2 fully saturated rings. The molecule has 98 valence electrons. The van der Waals surface area contributed by atoms with E-state index in [1.165, 1.54) is 12.8 Å². The number of hydrogen-bond acceptors (Lipinski definition) is 3. The predicted octanol–water partition coefficient (Wildman–Crippen LogP) is 0.915. The molecule has 5 heteroatoms. The van der Waals surface area contributed by atoms with Crippen LogP contribution >= 0.6 is 22.6 Å². The van der Waals surface area contributed by atoms with E-state index in [-0.39, 0.29) is 11.9 Å². The summed E-state index contributed by atoms with van der Waals surface area (Å²) in [4.78, 5) is 14.0. The molecule has 0 radical (unpaired) electrons. The van der Waals surface area contributed by atoms with Gasteiger partial charge < -0.3 is 10.4 Å². The Hall–Kier alpha value is 0.120. The lowest BCUT2D eigenvalue weighted by molar-refractivity contribution is -0.126. The highest BCUT2D eigenvalue weighted by molar-refractivity contribution is 14.1. The molecule has 4 nitrogen and oxygen atoms in total. The SMILES string of the molecule is CC1(O)CC(NC(=O)CN2CCC[C@@H](I)C2)C1. The van der Waals surface area contributed by atoms with Gasteiger partial charge in [-0.2, -0.15) is 0 Å². The number of carbonyl (C=O) groups is 1. The second-order valence-corrected chi connectivity index (χ2v) is 7.41. The number of likely N-dealkylation sites (tertiary alicyclic amines) is 1. The fourth-order valence-electron chi connectivity index (χ4n) is 2.72. The Labute approximate surface area is 116 Å². The van der Waals surface area contributed by atoms with Crippen LogP contribution in [0.4, 0.5) is 0 Å². The summed E-state index contributed by atoms with van der Waals surface area (Å²) in [6.45, 7) is 4.39. The van der Waals surface area contributed by atoms with Gasteiger partial charge in [-0.1, -0.05) is 22.6 Å². The van der Waals surface area contributed by atoms with Crippen LogP contribution in [0.1, 0.15) is 32.6 Å². The Morgan fingerprint density at radius 2 is 2.29 bits per heavy atom. The largest absolute Gasteiger partial charge is 0.390 e. The first kappa shape index (κ1) is 13.5. The summed E-state index contributed by atoms with van der Waals surface area (Å²) in [7, 11) is 0. The Morgan fingerprint density at radius 1 is 1.59 bits per heavy atom. The van der Waals surface area contributed by atoms with Gasteiger partial charge in [-0.15, -0.1) is 0 Å². The van der Waals surface area contributed by atoms with E-state index < -0.39 is 5.60 Å². The highest BCUT2D eigenvalue weighted by Crippen LogP contribution is 2.31. The molecule has 0 spiro atoms. The van der Waals surface area contributed by atoms with Crippen molar-refractivity contribution >= 4 is 28.5 Å².